The second kappa shape index (κ2) is 4.50. The zero-order valence-corrected chi connectivity index (χ0v) is 9.71. The van der Waals surface area contributed by atoms with Crippen LogP contribution in [0.15, 0.2) is 6.07 Å². The molecule has 0 N–H and O–H groups in total. The highest BCUT2D eigenvalue weighted by Crippen LogP contribution is 2.26. The molecule has 0 aliphatic rings. The van der Waals surface area contributed by atoms with Crippen LogP contribution in [0.4, 0.5) is 0 Å². The summed E-state index contributed by atoms with van der Waals surface area (Å²) in [6.07, 6.45) is 0.815. The largest absolute Gasteiger partial charge is 0.238 e. The lowest BCUT2D eigenvalue weighted by Gasteiger charge is -2.07. The van der Waals surface area contributed by atoms with Gasteiger partial charge in [0.2, 0.25) is 0 Å². The number of rotatable bonds is 2. The molecule has 0 fully saturated rings. The molecule has 0 bridgehead atoms. The SMILES string of the molecule is CC(C)Cc1nc(Cl)c(Cl)cc1Cl. The summed E-state index contributed by atoms with van der Waals surface area (Å²) < 4.78 is 0. The van der Waals surface area contributed by atoms with Crippen molar-refractivity contribution in [1.82, 2.24) is 4.98 Å². The standard InChI is InChI=1S/C9H10Cl3N/c1-5(2)3-8-6(10)4-7(11)9(12)13-8/h4-5H,3H2,1-2H3. The average Bonchev–Trinajstić information content (AvgIpc) is 1.99. The summed E-state index contributed by atoms with van der Waals surface area (Å²) in [7, 11) is 0. The van der Waals surface area contributed by atoms with Crippen molar-refractivity contribution in [2.75, 3.05) is 0 Å². The summed E-state index contributed by atoms with van der Waals surface area (Å²) in [5.74, 6) is 0.502. The lowest BCUT2D eigenvalue weighted by atomic mass is 10.1. The molecule has 0 saturated carbocycles. The number of hydrogen-bond donors (Lipinski definition) is 0. The average molecular weight is 239 g/mol. The van der Waals surface area contributed by atoms with E-state index in [-0.39, 0.29) is 0 Å². The van der Waals surface area contributed by atoms with E-state index in [2.05, 4.69) is 18.8 Å². The molecule has 0 aromatic carbocycles. The number of pyridine rings is 1. The molecule has 0 radical (unpaired) electrons. The lowest BCUT2D eigenvalue weighted by Crippen LogP contribution is -1.98. The molecule has 0 aliphatic heterocycles. The third-order valence-electron chi connectivity index (χ3n) is 1.56. The van der Waals surface area contributed by atoms with Crippen molar-refractivity contribution in [3.05, 3.63) is 27.0 Å². The van der Waals surface area contributed by atoms with Crippen LogP contribution in [-0.4, -0.2) is 4.98 Å². The molecule has 1 rings (SSSR count). The number of nitrogens with zero attached hydrogens (tertiary/aromatic N) is 1. The molecule has 0 spiro atoms. The van der Waals surface area contributed by atoms with Gasteiger partial charge in [0.25, 0.3) is 0 Å². The fourth-order valence-electron chi connectivity index (χ4n) is 1.01. The van der Waals surface area contributed by atoms with Crippen molar-refractivity contribution in [3.63, 3.8) is 0 Å². The van der Waals surface area contributed by atoms with Crippen LogP contribution in [-0.2, 0) is 6.42 Å². The number of hydrogen-bond acceptors (Lipinski definition) is 1. The van der Waals surface area contributed by atoms with Crippen LogP contribution >= 0.6 is 34.8 Å². The minimum atomic E-state index is 0.321. The Bertz CT molecular complexity index is 310. The predicted octanol–water partition coefficient (Wildman–Crippen LogP) is 4.24. The highest BCUT2D eigenvalue weighted by Gasteiger charge is 2.08. The summed E-state index contributed by atoms with van der Waals surface area (Å²) in [5, 5.41) is 1.31. The van der Waals surface area contributed by atoms with Crippen LogP contribution in [0.5, 0.6) is 0 Å². The zero-order valence-electron chi connectivity index (χ0n) is 7.44. The summed E-state index contributed by atoms with van der Waals surface area (Å²) >= 11 is 17.5. The van der Waals surface area contributed by atoms with E-state index in [0.717, 1.165) is 12.1 Å². The van der Waals surface area contributed by atoms with Crippen LogP contribution in [0.2, 0.25) is 15.2 Å². The molecule has 1 aromatic heterocycles. The lowest BCUT2D eigenvalue weighted by molar-refractivity contribution is 0.635. The van der Waals surface area contributed by atoms with Gasteiger partial charge in [-0.2, -0.15) is 0 Å². The topological polar surface area (TPSA) is 12.9 Å². The van der Waals surface area contributed by atoms with Gasteiger partial charge in [-0.1, -0.05) is 48.7 Å². The first kappa shape index (κ1) is 11.1. The molecule has 1 aromatic rings. The summed E-state index contributed by atoms with van der Waals surface area (Å²) in [5.41, 5.74) is 0.811. The smallest absolute Gasteiger partial charge is 0.148 e. The van der Waals surface area contributed by atoms with E-state index >= 15 is 0 Å². The fourth-order valence-corrected chi connectivity index (χ4v) is 1.60. The van der Waals surface area contributed by atoms with Gasteiger partial charge >= 0.3 is 0 Å². The second-order valence-corrected chi connectivity index (χ2v) is 4.46. The highest BCUT2D eigenvalue weighted by molar-refractivity contribution is 6.42. The number of aromatic nitrogens is 1. The minimum absolute atomic E-state index is 0.321. The molecule has 72 valence electrons. The molecule has 0 atom stereocenters. The van der Waals surface area contributed by atoms with Gasteiger partial charge in [-0.05, 0) is 18.4 Å². The Kier molecular flexibility index (Phi) is 3.84. The normalized spacial score (nSPS) is 10.9. The van der Waals surface area contributed by atoms with Gasteiger partial charge in [0, 0.05) is 0 Å². The van der Waals surface area contributed by atoms with Gasteiger partial charge < -0.3 is 0 Å². The zero-order chi connectivity index (χ0) is 10.0. The molecule has 0 aliphatic carbocycles. The molecule has 1 heterocycles. The van der Waals surface area contributed by atoms with E-state index in [1.54, 1.807) is 6.07 Å². The molecule has 0 saturated heterocycles. The van der Waals surface area contributed by atoms with Crippen molar-refractivity contribution in [2.45, 2.75) is 20.3 Å². The van der Waals surface area contributed by atoms with Gasteiger partial charge in [0.15, 0.2) is 0 Å². The van der Waals surface area contributed by atoms with Gasteiger partial charge in [-0.25, -0.2) is 4.98 Å². The number of halogens is 3. The minimum Gasteiger partial charge on any atom is -0.238 e. The molecule has 13 heavy (non-hydrogen) atoms. The fraction of sp³-hybridized carbons (Fsp3) is 0.444. The van der Waals surface area contributed by atoms with Gasteiger partial charge in [0.1, 0.15) is 5.15 Å². The van der Waals surface area contributed by atoms with Gasteiger partial charge in [0.05, 0.1) is 15.7 Å². The predicted molar refractivity (Wildman–Crippen MR) is 57.8 cm³/mol. The van der Waals surface area contributed by atoms with Crippen molar-refractivity contribution in [2.24, 2.45) is 5.92 Å². The van der Waals surface area contributed by atoms with E-state index in [0.29, 0.717) is 21.1 Å². The third-order valence-corrected chi connectivity index (χ3v) is 2.56. The van der Waals surface area contributed by atoms with Gasteiger partial charge in [-0.15, -0.1) is 0 Å². The van der Waals surface area contributed by atoms with E-state index in [1.807, 2.05) is 0 Å². The van der Waals surface area contributed by atoms with E-state index < -0.39 is 0 Å². The Labute approximate surface area is 93.0 Å². The highest BCUT2D eigenvalue weighted by atomic mass is 35.5. The molecular formula is C9H10Cl3N. The third kappa shape index (κ3) is 3.01. The van der Waals surface area contributed by atoms with Crippen LogP contribution in [0, 0.1) is 5.92 Å². The van der Waals surface area contributed by atoms with E-state index in [1.165, 1.54) is 0 Å². The van der Waals surface area contributed by atoms with Crippen molar-refractivity contribution in [3.8, 4) is 0 Å². The maximum Gasteiger partial charge on any atom is 0.148 e. The first-order valence-electron chi connectivity index (χ1n) is 4.01. The second-order valence-electron chi connectivity index (χ2n) is 3.29. The molecule has 1 nitrogen and oxygen atoms in total. The monoisotopic (exact) mass is 237 g/mol. The molecule has 0 unspecified atom stereocenters. The van der Waals surface area contributed by atoms with Crippen molar-refractivity contribution in [1.29, 1.82) is 0 Å². The Morgan fingerprint density at radius 3 is 2.38 bits per heavy atom. The van der Waals surface area contributed by atoms with Crippen LogP contribution < -0.4 is 0 Å². The Morgan fingerprint density at radius 1 is 1.23 bits per heavy atom. The molecule has 4 heteroatoms. The van der Waals surface area contributed by atoms with E-state index in [9.17, 15) is 0 Å². The first-order valence-corrected chi connectivity index (χ1v) is 5.14. The van der Waals surface area contributed by atoms with Crippen LogP contribution in [0.25, 0.3) is 0 Å². The van der Waals surface area contributed by atoms with Crippen molar-refractivity contribution < 1.29 is 0 Å². The summed E-state index contributed by atoms with van der Waals surface area (Å²) in [4.78, 5) is 4.11. The Morgan fingerprint density at radius 2 is 1.85 bits per heavy atom. The quantitative estimate of drug-likeness (QED) is 0.702. The van der Waals surface area contributed by atoms with E-state index in [4.69, 9.17) is 34.8 Å². The molecule has 0 amide bonds. The Hall–Kier alpha value is 0.0200. The Balaban J connectivity index is 3.01. The van der Waals surface area contributed by atoms with Crippen LogP contribution in [0.1, 0.15) is 19.5 Å². The maximum absolute atomic E-state index is 5.94. The summed E-state index contributed by atoms with van der Waals surface area (Å²) in [6.45, 7) is 4.20. The maximum atomic E-state index is 5.94. The molecular weight excluding hydrogens is 228 g/mol. The van der Waals surface area contributed by atoms with Crippen molar-refractivity contribution >= 4 is 34.8 Å². The van der Waals surface area contributed by atoms with Crippen LogP contribution in [0.3, 0.4) is 0 Å². The van der Waals surface area contributed by atoms with Gasteiger partial charge in [-0.3, -0.25) is 0 Å². The summed E-state index contributed by atoms with van der Waals surface area (Å²) in [6, 6.07) is 1.64. The first-order chi connectivity index (χ1) is 6.00.